The third kappa shape index (κ3) is 7.25. The van der Waals surface area contributed by atoms with Gasteiger partial charge in [0.15, 0.2) is 0 Å². The Morgan fingerprint density at radius 1 is 1.17 bits per heavy atom. The first kappa shape index (κ1) is 30.9. The maximum atomic E-state index is 13.6. The van der Waals surface area contributed by atoms with E-state index < -0.39 is 0 Å². The summed E-state index contributed by atoms with van der Waals surface area (Å²) in [6, 6.07) is 3.71. The van der Waals surface area contributed by atoms with Gasteiger partial charge in [-0.2, -0.15) is 11.3 Å². The molecule has 0 bridgehead atoms. The number of hydroxylamine groups is 1. The molecule has 10 nitrogen and oxygen atoms in total. The smallest absolute Gasteiger partial charge is 0.341 e. The summed E-state index contributed by atoms with van der Waals surface area (Å²) >= 11 is 1.63. The number of pyridine rings is 1. The van der Waals surface area contributed by atoms with E-state index in [1.807, 2.05) is 36.0 Å². The minimum absolute atomic E-state index is 0.00411. The SMILES string of the molecule is CONC(=O)N(Cc1ccsc1)C1CCN(C2(C)CCN(C(=O)c3c(C)cc(C(=O)NC(C)C)nc3C)CC2)CC1. The van der Waals surface area contributed by atoms with Crippen LogP contribution in [-0.4, -0.2) is 88.4 Å². The largest absolute Gasteiger partial charge is 0.349 e. The molecule has 4 rings (SSSR count). The number of likely N-dealkylation sites (tertiary alicyclic amines) is 2. The number of aromatic nitrogens is 1. The normalized spacial score (nSPS) is 17.9. The lowest BCUT2D eigenvalue weighted by molar-refractivity contribution is 0.00220. The molecule has 2 aromatic heterocycles. The number of piperidine rings is 2. The van der Waals surface area contributed by atoms with Gasteiger partial charge < -0.3 is 15.1 Å². The summed E-state index contributed by atoms with van der Waals surface area (Å²) in [6.45, 7) is 13.5. The number of thiophene rings is 1. The van der Waals surface area contributed by atoms with Crippen molar-refractivity contribution in [1.82, 2.24) is 30.5 Å². The van der Waals surface area contributed by atoms with Gasteiger partial charge in [-0.1, -0.05) is 0 Å². The Bertz CT molecular complexity index is 1190. The van der Waals surface area contributed by atoms with Crippen molar-refractivity contribution in [3.05, 3.63) is 51.0 Å². The van der Waals surface area contributed by atoms with E-state index in [2.05, 4.69) is 39.1 Å². The summed E-state index contributed by atoms with van der Waals surface area (Å²) in [5.74, 6) is -0.242. The molecule has 0 aliphatic carbocycles. The molecule has 2 aromatic rings. The summed E-state index contributed by atoms with van der Waals surface area (Å²) in [5.41, 5.74) is 5.92. The van der Waals surface area contributed by atoms with Gasteiger partial charge in [0.25, 0.3) is 11.8 Å². The number of nitrogens with one attached hydrogen (secondary N) is 2. The lowest BCUT2D eigenvalue weighted by Crippen LogP contribution is -2.58. The third-order valence-corrected chi connectivity index (χ3v) is 9.18. The zero-order valence-electron chi connectivity index (χ0n) is 25.2. The minimum Gasteiger partial charge on any atom is -0.349 e. The molecule has 2 fully saturated rings. The molecule has 2 saturated heterocycles. The van der Waals surface area contributed by atoms with Crippen LogP contribution in [0.4, 0.5) is 4.79 Å². The van der Waals surface area contributed by atoms with Crippen LogP contribution in [0.2, 0.25) is 0 Å². The van der Waals surface area contributed by atoms with Gasteiger partial charge in [0.05, 0.1) is 18.4 Å². The van der Waals surface area contributed by atoms with Gasteiger partial charge in [0.2, 0.25) is 0 Å². The van der Waals surface area contributed by atoms with E-state index in [9.17, 15) is 14.4 Å². The Hall–Kier alpha value is -3.02. The zero-order valence-corrected chi connectivity index (χ0v) is 26.0. The number of hydrogen-bond acceptors (Lipinski definition) is 7. The number of aryl methyl sites for hydroxylation is 2. The summed E-state index contributed by atoms with van der Waals surface area (Å²) in [5, 5.41) is 6.98. The van der Waals surface area contributed by atoms with E-state index in [0.717, 1.165) is 49.9 Å². The van der Waals surface area contributed by atoms with E-state index in [1.54, 1.807) is 24.3 Å². The minimum atomic E-state index is -0.225. The second-order valence-corrected chi connectivity index (χ2v) is 12.6. The van der Waals surface area contributed by atoms with Crippen LogP contribution in [0, 0.1) is 13.8 Å². The van der Waals surface area contributed by atoms with E-state index in [-0.39, 0.29) is 35.5 Å². The Labute approximate surface area is 247 Å². The molecule has 4 heterocycles. The molecule has 0 radical (unpaired) electrons. The van der Waals surface area contributed by atoms with Crippen molar-refractivity contribution in [2.45, 2.75) is 84.5 Å². The van der Waals surface area contributed by atoms with E-state index in [1.165, 1.54) is 7.11 Å². The Morgan fingerprint density at radius 3 is 2.41 bits per heavy atom. The van der Waals surface area contributed by atoms with Gasteiger partial charge >= 0.3 is 6.03 Å². The Kier molecular flexibility index (Phi) is 10.0. The fourth-order valence-corrected chi connectivity index (χ4v) is 6.74. The van der Waals surface area contributed by atoms with Crippen molar-refractivity contribution in [2.24, 2.45) is 0 Å². The second kappa shape index (κ2) is 13.3. The Morgan fingerprint density at radius 2 is 1.85 bits per heavy atom. The van der Waals surface area contributed by atoms with E-state index in [0.29, 0.717) is 36.6 Å². The number of hydrogen-bond donors (Lipinski definition) is 2. The molecule has 0 spiro atoms. The van der Waals surface area contributed by atoms with Gasteiger partial charge in [0, 0.05) is 50.3 Å². The van der Waals surface area contributed by atoms with Crippen LogP contribution in [0.5, 0.6) is 0 Å². The van der Waals surface area contributed by atoms with Gasteiger partial charge in [0.1, 0.15) is 5.69 Å². The fraction of sp³-hybridized carbons (Fsp3) is 0.600. The first-order chi connectivity index (χ1) is 19.5. The van der Waals surface area contributed by atoms with Crippen LogP contribution in [-0.2, 0) is 11.4 Å². The van der Waals surface area contributed by atoms with Crippen molar-refractivity contribution in [3.8, 4) is 0 Å². The van der Waals surface area contributed by atoms with E-state index in [4.69, 9.17) is 4.84 Å². The summed E-state index contributed by atoms with van der Waals surface area (Å²) < 4.78 is 0. The van der Waals surface area contributed by atoms with Crippen molar-refractivity contribution >= 4 is 29.2 Å². The van der Waals surface area contributed by atoms with Crippen molar-refractivity contribution in [2.75, 3.05) is 33.3 Å². The van der Waals surface area contributed by atoms with Crippen LogP contribution in [0.3, 0.4) is 0 Å². The predicted octanol–water partition coefficient (Wildman–Crippen LogP) is 4.13. The van der Waals surface area contributed by atoms with E-state index >= 15 is 0 Å². The van der Waals surface area contributed by atoms with Gasteiger partial charge in [-0.3, -0.25) is 19.3 Å². The first-order valence-corrected chi connectivity index (χ1v) is 15.4. The molecule has 224 valence electrons. The fourth-order valence-electron chi connectivity index (χ4n) is 6.08. The topological polar surface area (TPSA) is 107 Å². The number of amides is 4. The quantitative estimate of drug-likeness (QED) is 0.452. The second-order valence-electron chi connectivity index (χ2n) is 11.8. The number of carbonyl (C=O) groups excluding carboxylic acids is 3. The molecule has 11 heteroatoms. The summed E-state index contributed by atoms with van der Waals surface area (Å²) in [7, 11) is 1.46. The molecule has 4 amide bonds. The summed E-state index contributed by atoms with van der Waals surface area (Å²) in [6.07, 6.45) is 3.54. The molecule has 2 aliphatic heterocycles. The molecule has 0 aromatic carbocycles. The number of nitrogens with zero attached hydrogens (tertiary/aromatic N) is 4. The highest BCUT2D eigenvalue weighted by Crippen LogP contribution is 2.33. The van der Waals surface area contributed by atoms with Crippen LogP contribution in [0.1, 0.15) is 84.1 Å². The van der Waals surface area contributed by atoms with Crippen LogP contribution in [0.15, 0.2) is 22.9 Å². The summed E-state index contributed by atoms with van der Waals surface area (Å²) in [4.78, 5) is 54.6. The maximum Gasteiger partial charge on any atom is 0.341 e. The molecule has 0 unspecified atom stereocenters. The molecule has 0 atom stereocenters. The standard InChI is InChI=1S/C30H44N6O4S/c1-20(2)31-27(37)25-17-21(3)26(22(4)32-25)28(38)34-14-10-30(5,11-15-34)35-12-7-24(8-13-35)36(29(39)33-40-6)18-23-9-16-41-19-23/h9,16-17,19-20,24H,7-8,10-15,18H2,1-6H3,(H,31,37)(H,33,39). The highest BCUT2D eigenvalue weighted by atomic mass is 32.1. The van der Waals surface area contributed by atoms with Gasteiger partial charge in [-0.05, 0) is 94.3 Å². The zero-order chi connectivity index (χ0) is 29.7. The molecular weight excluding hydrogens is 540 g/mol. The monoisotopic (exact) mass is 584 g/mol. The number of carbonyl (C=O) groups is 3. The van der Waals surface area contributed by atoms with Gasteiger partial charge in [-0.15, -0.1) is 0 Å². The first-order valence-electron chi connectivity index (χ1n) is 14.5. The highest BCUT2D eigenvalue weighted by Gasteiger charge is 2.40. The number of urea groups is 1. The molecule has 41 heavy (non-hydrogen) atoms. The number of rotatable bonds is 8. The van der Waals surface area contributed by atoms with Crippen LogP contribution < -0.4 is 10.8 Å². The highest BCUT2D eigenvalue weighted by molar-refractivity contribution is 7.07. The predicted molar refractivity (Wildman–Crippen MR) is 160 cm³/mol. The van der Waals surface area contributed by atoms with Crippen LogP contribution in [0.25, 0.3) is 0 Å². The molecule has 2 N–H and O–H groups in total. The van der Waals surface area contributed by atoms with Crippen molar-refractivity contribution < 1.29 is 19.2 Å². The Balaban J connectivity index is 1.35. The third-order valence-electron chi connectivity index (χ3n) is 8.44. The average molecular weight is 585 g/mol. The van der Waals surface area contributed by atoms with Crippen molar-refractivity contribution in [1.29, 1.82) is 0 Å². The lowest BCUT2D eigenvalue weighted by Gasteiger charge is -2.50. The lowest BCUT2D eigenvalue weighted by atomic mass is 9.85. The van der Waals surface area contributed by atoms with Gasteiger partial charge in [-0.25, -0.2) is 15.3 Å². The van der Waals surface area contributed by atoms with Crippen molar-refractivity contribution in [3.63, 3.8) is 0 Å². The van der Waals surface area contributed by atoms with Crippen LogP contribution >= 0.6 is 11.3 Å². The molecular formula is C30H44N6O4S. The average Bonchev–Trinajstić information content (AvgIpc) is 3.45. The molecule has 0 saturated carbocycles. The maximum absolute atomic E-state index is 13.6. The molecule has 2 aliphatic rings.